The highest BCUT2D eigenvalue weighted by atomic mass is 16.7. The van der Waals surface area contributed by atoms with Crippen molar-refractivity contribution in [3.8, 4) is 0 Å². The van der Waals surface area contributed by atoms with Gasteiger partial charge in [0.05, 0.1) is 22.3 Å². The summed E-state index contributed by atoms with van der Waals surface area (Å²) < 4.78 is 23.6. The second-order valence-electron chi connectivity index (χ2n) is 10.7. The third-order valence-corrected chi connectivity index (χ3v) is 7.69. The molecule has 1 saturated heterocycles. The van der Waals surface area contributed by atoms with E-state index in [1.165, 1.54) is 12.1 Å². The van der Waals surface area contributed by atoms with E-state index in [-0.39, 0.29) is 23.3 Å². The van der Waals surface area contributed by atoms with Crippen LogP contribution in [0.5, 0.6) is 0 Å². The van der Waals surface area contributed by atoms with E-state index >= 15 is 0 Å². The summed E-state index contributed by atoms with van der Waals surface area (Å²) >= 11 is 0. The van der Waals surface area contributed by atoms with Gasteiger partial charge in [0, 0.05) is 6.61 Å². The SMILES string of the molecule is CCCCCCO[C@@H]1O[C@H](COC(=O)c2ccccc2)[C@@H](O)[C@H](OC(=O)c2ccccc2)[C@H]1N1C(=O)c2ccccc2C1=O. The fourth-order valence-corrected chi connectivity index (χ4v) is 5.37. The first-order valence-corrected chi connectivity index (χ1v) is 14.8. The molecule has 1 N–H and O–H groups in total. The first-order valence-electron chi connectivity index (χ1n) is 14.8. The number of ether oxygens (including phenoxy) is 4. The van der Waals surface area contributed by atoms with Gasteiger partial charge in [-0.3, -0.25) is 14.5 Å². The number of hydrogen-bond donors (Lipinski definition) is 1. The highest BCUT2D eigenvalue weighted by molar-refractivity contribution is 6.21. The van der Waals surface area contributed by atoms with E-state index in [0.717, 1.165) is 24.2 Å². The number of aliphatic hydroxyl groups excluding tert-OH is 1. The summed E-state index contributed by atoms with van der Waals surface area (Å²) in [6, 6.07) is 21.5. The van der Waals surface area contributed by atoms with Gasteiger partial charge in [-0.2, -0.15) is 0 Å². The normalized spacial score (nSPS) is 22.9. The van der Waals surface area contributed by atoms with Crippen molar-refractivity contribution in [2.24, 2.45) is 0 Å². The molecule has 10 heteroatoms. The molecule has 5 rings (SSSR count). The second kappa shape index (κ2) is 14.4. The molecular formula is C34H35NO9. The number of aliphatic hydroxyl groups is 1. The number of fused-ring (bicyclic) bond motifs is 1. The molecule has 0 unspecified atom stereocenters. The Bertz CT molecular complexity index is 1430. The van der Waals surface area contributed by atoms with Crippen LogP contribution in [0.25, 0.3) is 0 Å². The molecule has 2 aliphatic rings. The van der Waals surface area contributed by atoms with Crippen molar-refractivity contribution in [1.82, 2.24) is 4.90 Å². The summed E-state index contributed by atoms with van der Waals surface area (Å²) in [5.74, 6) is -2.67. The first-order chi connectivity index (χ1) is 21.4. The maximum atomic E-state index is 13.6. The molecule has 0 aliphatic carbocycles. The largest absolute Gasteiger partial charge is 0.459 e. The topological polar surface area (TPSA) is 129 Å². The zero-order valence-corrected chi connectivity index (χ0v) is 24.4. The molecule has 230 valence electrons. The number of rotatable bonds is 12. The predicted octanol–water partition coefficient (Wildman–Crippen LogP) is 4.42. The molecular weight excluding hydrogens is 566 g/mol. The zero-order valence-electron chi connectivity index (χ0n) is 24.4. The molecule has 1 fully saturated rings. The fourth-order valence-electron chi connectivity index (χ4n) is 5.37. The maximum Gasteiger partial charge on any atom is 0.338 e. The van der Waals surface area contributed by atoms with Gasteiger partial charge < -0.3 is 24.1 Å². The number of esters is 2. The van der Waals surface area contributed by atoms with Gasteiger partial charge >= 0.3 is 11.9 Å². The summed E-state index contributed by atoms with van der Waals surface area (Å²) in [7, 11) is 0. The smallest absolute Gasteiger partial charge is 0.338 e. The van der Waals surface area contributed by atoms with Gasteiger partial charge in [0.15, 0.2) is 12.4 Å². The van der Waals surface area contributed by atoms with E-state index in [1.807, 2.05) is 0 Å². The number of amides is 2. The molecule has 0 bridgehead atoms. The van der Waals surface area contributed by atoms with Crippen molar-refractivity contribution in [3.05, 3.63) is 107 Å². The molecule has 0 aromatic heterocycles. The van der Waals surface area contributed by atoms with Gasteiger partial charge in [-0.05, 0) is 42.8 Å². The van der Waals surface area contributed by atoms with Crippen molar-refractivity contribution in [2.45, 2.75) is 63.3 Å². The van der Waals surface area contributed by atoms with Gasteiger partial charge in [0.2, 0.25) is 0 Å². The molecule has 5 atom stereocenters. The highest BCUT2D eigenvalue weighted by Crippen LogP contribution is 2.35. The van der Waals surface area contributed by atoms with Crippen LogP contribution in [-0.2, 0) is 18.9 Å². The molecule has 0 radical (unpaired) electrons. The highest BCUT2D eigenvalue weighted by Gasteiger charge is 2.55. The fraction of sp³-hybridized carbons (Fsp3) is 0.353. The van der Waals surface area contributed by atoms with Crippen LogP contribution < -0.4 is 0 Å². The molecule has 3 aromatic carbocycles. The van der Waals surface area contributed by atoms with E-state index < -0.39 is 61.0 Å². The molecule has 2 aliphatic heterocycles. The molecule has 2 amide bonds. The van der Waals surface area contributed by atoms with Crippen LogP contribution in [0.2, 0.25) is 0 Å². The van der Waals surface area contributed by atoms with E-state index in [1.54, 1.807) is 72.8 Å². The Morgan fingerprint density at radius 2 is 1.36 bits per heavy atom. The Morgan fingerprint density at radius 3 is 1.95 bits per heavy atom. The van der Waals surface area contributed by atoms with E-state index in [0.29, 0.717) is 12.0 Å². The van der Waals surface area contributed by atoms with E-state index in [4.69, 9.17) is 18.9 Å². The van der Waals surface area contributed by atoms with Crippen LogP contribution in [0.15, 0.2) is 84.9 Å². The van der Waals surface area contributed by atoms with Crippen molar-refractivity contribution in [3.63, 3.8) is 0 Å². The molecule has 10 nitrogen and oxygen atoms in total. The first kappa shape index (κ1) is 31.1. The van der Waals surface area contributed by atoms with Gasteiger partial charge in [0.1, 0.15) is 24.9 Å². The van der Waals surface area contributed by atoms with Crippen molar-refractivity contribution in [1.29, 1.82) is 0 Å². The van der Waals surface area contributed by atoms with Crippen LogP contribution >= 0.6 is 0 Å². The molecule has 44 heavy (non-hydrogen) atoms. The zero-order chi connectivity index (χ0) is 31.1. The Labute approximate surface area is 255 Å². The number of imide groups is 1. The summed E-state index contributed by atoms with van der Waals surface area (Å²) in [6.45, 7) is 1.90. The summed E-state index contributed by atoms with van der Waals surface area (Å²) in [6.07, 6.45) is -2.01. The second-order valence-corrected chi connectivity index (χ2v) is 10.7. The van der Waals surface area contributed by atoms with Crippen LogP contribution in [0.4, 0.5) is 0 Å². The summed E-state index contributed by atoms with van der Waals surface area (Å²) in [5, 5.41) is 11.6. The summed E-state index contributed by atoms with van der Waals surface area (Å²) in [5.41, 5.74) is 0.871. The van der Waals surface area contributed by atoms with Crippen molar-refractivity contribution < 1.29 is 43.2 Å². The van der Waals surface area contributed by atoms with Gasteiger partial charge in [0.25, 0.3) is 11.8 Å². The van der Waals surface area contributed by atoms with Crippen molar-refractivity contribution >= 4 is 23.8 Å². The Kier molecular flexibility index (Phi) is 10.2. The number of unbranched alkanes of at least 4 members (excludes halogenated alkanes) is 3. The minimum Gasteiger partial charge on any atom is -0.459 e. The Morgan fingerprint density at radius 1 is 0.795 bits per heavy atom. The lowest BCUT2D eigenvalue weighted by Crippen LogP contribution is -2.67. The van der Waals surface area contributed by atoms with Crippen LogP contribution in [-0.4, -0.2) is 77.6 Å². The average molecular weight is 602 g/mol. The Hall–Kier alpha value is -4.38. The third kappa shape index (κ3) is 6.72. The van der Waals surface area contributed by atoms with Crippen LogP contribution in [0.1, 0.15) is 74.0 Å². The lowest BCUT2D eigenvalue weighted by atomic mass is 9.95. The van der Waals surface area contributed by atoms with Crippen LogP contribution in [0, 0.1) is 0 Å². The molecule has 0 saturated carbocycles. The maximum absolute atomic E-state index is 13.6. The molecule has 0 spiro atoms. The monoisotopic (exact) mass is 601 g/mol. The number of carbonyl (C=O) groups excluding carboxylic acids is 4. The van der Waals surface area contributed by atoms with Gasteiger partial charge in [-0.25, -0.2) is 9.59 Å². The molecule has 2 heterocycles. The Balaban J connectivity index is 1.46. The molecule has 3 aromatic rings. The van der Waals surface area contributed by atoms with Gasteiger partial charge in [-0.1, -0.05) is 74.7 Å². The van der Waals surface area contributed by atoms with Crippen LogP contribution in [0.3, 0.4) is 0 Å². The third-order valence-electron chi connectivity index (χ3n) is 7.69. The standard InChI is InChI=1S/C34H35NO9/c1-2-3-4-13-20-41-34-27(35-30(37)24-18-11-12-19-25(24)31(35)38)29(44-33(40)23-16-9-6-10-17-23)28(36)26(43-34)21-42-32(39)22-14-7-5-8-15-22/h5-12,14-19,26-29,34,36H,2-4,13,20-21H2,1H3/t26-,27-,28-,29-,34-/m1/s1. The summed E-state index contributed by atoms with van der Waals surface area (Å²) in [4.78, 5) is 54.2. The number of hydrogen-bond acceptors (Lipinski definition) is 9. The van der Waals surface area contributed by atoms with Crippen molar-refractivity contribution in [2.75, 3.05) is 13.2 Å². The predicted molar refractivity (Wildman–Crippen MR) is 158 cm³/mol. The average Bonchev–Trinajstić information content (AvgIpc) is 3.31. The minimum atomic E-state index is -1.60. The minimum absolute atomic E-state index is 0.181. The lowest BCUT2D eigenvalue weighted by molar-refractivity contribution is -0.278. The number of benzene rings is 3. The number of carbonyl (C=O) groups is 4. The number of nitrogens with zero attached hydrogens (tertiary/aromatic N) is 1. The quantitative estimate of drug-likeness (QED) is 0.182. The lowest BCUT2D eigenvalue weighted by Gasteiger charge is -2.46. The van der Waals surface area contributed by atoms with Gasteiger partial charge in [-0.15, -0.1) is 0 Å². The van der Waals surface area contributed by atoms with E-state index in [9.17, 15) is 24.3 Å². The van der Waals surface area contributed by atoms with E-state index in [2.05, 4.69) is 6.92 Å².